The van der Waals surface area contributed by atoms with Gasteiger partial charge in [-0.3, -0.25) is 0 Å². The lowest BCUT2D eigenvalue weighted by atomic mass is 10.1. The zero-order valence-electron chi connectivity index (χ0n) is 10.6. The topological polar surface area (TPSA) is 12.0 Å². The van der Waals surface area contributed by atoms with E-state index in [9.17, 15) is 4.39 Å². The van der Waals surface area contributed by atoms with E-state index in [1.165, 1.54) is 12.1 Å². The van der Waals surface area contributed by atoms with E-state index in [4.69, 9.17) is 11.6 Å². The number of thioether (sulfide) groups is 1. The Morgan fingerprint density at radius 1 is 1.21 bits per heavy atom. The number of rotatable bonds is 5. The zero-order valence-corrected chi connectivity index (χ0v) is 12.1. The maximum atomic E-state index is 12.9. The molecule has 2 aromatic carbocycles. The van der Waals surface area contributed by atoms with E-state index in [0.717, 1.165) is 21.2 Å². The minimum absolute atomic E-state index is 0.185. The first-order valence-corrected chi connectivity index (χ1v) is 7.36. The molecule has 1 atom stereocenters. The quantitative estimate of drug-likeness (QED) is 0.813. The van der Waals surface area contributed by atoms with Crippen LogP contribution in [0.1, 0.15) is 11.6 Å². The van der Waals surface area contributed by atoms with Crippen LogP contribution in [0.25, 0.3) is 0 Å². The Morgan fingerprint density at radius 2 is 1.95 bits per heavy atom. The molecule has 0 saturated carbocycles. The van der Waals surface area contributed by atoms with Crippen LogP contribution < -0.4 is 5.32 Å². The summed E-state index contributed by atoms with van der Waals surface area (Å²) in [6, 6.07) is 14.6. The first-order chi connectivity index (χ1) is 9.19. The molecule has 0 saturated heterocycles. The average Bonchev–Trinajstić information content (AvgIpc) is 2.41. The van der Waals surface area contributed by atoms with Gasteiger partial charge in [0.25, 0.3) is 0 Å². The third kappa shape index (κ3) is 4.23. The fraction of sp³-hybridized carbons (Fsp3) is 0.200. The molecule has 1 N–H and O–H groups in total. The van der Waals surface area contributed by atoms with E-state index in [0.29, 0.717) is 0 Å². The van der Waals surface area contributed by atoms with Gasteiger partial charge in [-0.1, -0.05) is 29.8 Å². The summed E-state index contributed by atoms with van der Waals surface area (Å²) in [6.45, 7) is 0. The molecule has 0 fully saturated rings. The molecule has 0 amide bonds. The highest BCUT2D eigenvalue weighted by Crippen LogP contribution is 2.26. The van der Waals surface area contributed by atoms with E-state index in [-0.39, 0.29) is 11.9 Å². The summed E-state index contributed by atoms with van der Waals surface area (Å²) in [5.74, 6) is 0.656. The number of hydrogen-bond acceptors (Lipinski definition) is 2. The lowest BCUT2D eigenvalue weighted by Gasteiger charge is -2.16. The fourth-order valence-electron chi connectivity index (χ4n) is 1.78. The van der Waals surface area contributed by atoms with Crippen LogP contribution in [-0.2, 0) is 0 Å². The lowest BCUT2D eigenvalue weighted by molar-refractivity contribution is 0.620. The molecule has 2 aromatic rings. The smallest absolute Gasteiger partial charge is 0.123 e. The number of nitrogens with one attached hydrogen (secondary N) is 1. The minimum atomic E-state index is -0.207. The van der Waals surface area contributed by atoms with Gasteiger partial charge >= 0.3 is 0 Å². The van der Waals surface area contributed by atoms with Gasteiger partial charge in [0.2, 0.25) is 0 Å². The third-order valence-corrected chi connectivity index (χ3v) is 4.16. The summed E-state index contributed by atoms with van der Waals surface area (Å²) in [5.41, 5.74) is 1.08. The predicted octanol–water partition coefficient (Wildman–Crippen LogP) is 4.53. The molecule has 0 aliphatic rings. The van der Waals surface area contributed by atoms with Gasteiger partial charge in [0, 0.05) is 21.7 Å². The second kappa shape index (κ2) is 6.94. The molecule has 0 aliphatic carbocycles. The summed E-state index contributed by atoms with van der Waals surface area (Å²) < 4.78 is 12.9. The number of benzene rings is 2. The Balaban J connectivity index is 2.01. The standard InChI is InChI=1S/C15H15ClFNS/c1-18-15(11-5-7-13(17)8-6-11)10-19-14-4-2-3-12(16)9-14/h2-9,15,18H,10H2,1H3. The van der Waals surface area contributed by atoms with Gasteiger partial charge < -0.3 is 5.32 Å². The summed E-state index contributed by atoms with van der Waals surface area (Å²) >= 11 is 7.68. The molecule has 2 rings (SSSR count). The number of halogens is 2. The molecule has 0 radical (unpaired) electrons. The fourth-order valence-corrected chi connectivity index (χ4v) is 3.14. The largest absolute Gasteiger partial charge is 0.312 e. The van der Waals surface area contributed by atoms with Crippen LogP contribution in [-0.4, -0.2) is 12.8 Å². The zero-order chi connectivity index (χ0) is 13.7. The van der Waals surface area contributed by atoms with Crippen LogP contribution in [0.2, 0.25) is 5.02 Å². The Labute approximate surface area is 122 Å². The summed E-state index contributed by atoms with van der Waals surface area (Å²) in [7, 11) is 1.91. The minimum Gasteiger partial charge on any atom is -0.312 e. The van der Waals surface area contributed by atoms with Gasteiger partial charge in [-0.2, -0.15) is 0 Å². The van der Waals surface area contributed by atoms with Crippen LogP contribution in [0.3, 0.4) is 0 Å². The van der Waals surface area contributed by atoms with Crippen molar-refractivity contribution in [3.8, 4) is 0 Å². The van der Waals surface area contributed by atoms with E-state index in [1.54, 1.807) is 11.8 Å². The molecule has 0 aromatic heterocycles. The molecule has 100 valence electrons. The van der Waals surface area contributed by atoms with Gasteiger partial charge in [-0.15, -0.1) is 11.8 Å². The van der Waals surface area contributed by atoms with Crippen molar-refractivity contribution in [2.24, 2.45) is 0 Å². The molecule has 1 unspecified atom stereocenters. The van der Waals surface area contributed by atoms with Crippen LogP contribution in [0, 0.1) is 5.82 Å². The van der Waals surface area contributed by atoms with Crippen molar-refractivity contribution in [3.05, 3.63) is 64.9 Å². The Hall–Kier alpha value is -1.03. The molecule has 0 aliphatic heterocycles. The van der Waals surface area contributed by atoms with E-state index in [2.05, 4.69) is 5.32 Å². The van der Waals surface area contributed by atoms with Crippen molar-refractivity contribution in [2.45, 2.75) is 10.9 Å². The van der Waals surface area contributed by atoms with Crippen LogP contribution >= 0.6 is 23.4 Å². The number of hydrogen-bond donors (Lipinski definition) is 1. The van der Waals surface area contributed by atoms with Crippen molar-refractivity contribution < 1.29 is 4.39 Å². The second-order valence-electron chi connectivity index (χ2n) is 4.16. The Kier molecular flexibility index (Phi) is 5.25. The Morgan fingerprint density at radius 3 is 2.58 bits per heavy atom. The average molecular weight is 296 g/mol. The highest BCUT2D eigenvalue weighted by Gasteiger charge is 2.09. The molecular weight excluding hydrogens is 281 g/mol. The van der Waals surface area contributed by atoms with Crippen LogP contribution in [0.15, 0.2) is 53.4 Å². The monoisotopic (exact) mass is 295 g/mol. The molecule has 0 spiro atoms. The lowest BCUT2D eigenvalue weighted by Crippen LogP contribution is -2.18. The van der Waals surface area contributed by atoms with E-state index in [1.807, 2.05) is 43.4 Å². The predicted molar refractivity (Wildman–Crippen MR) is 80.4 cm³/mol. The second-order valence-corrected chi connectivity index (χ2v) is 5.69. The van der Waals surface area contributed by atoms with Crippen molar-refractivity contribution in [2.75, 3.05) is 12.8 Å². The van der Waals surface area contributed by atoms with E-state index < -0.39 is 0 Å². The SMILES string of the molecule is CNC(CSc1cccc(Cl)c1)c1ccc(F)cc1. The van der Waals surface area contributed by atoms with Crippen LogP contribution in [0.5, 0.6) is 0 Å². The Bertz CT molecular complexity index is 530. The van der Waals surface area contributed by atoms with E-state index >= 15 is 0 Å². The summed E-state index contributed by atoms with van der Waals surface area (Å²) in [5, 5.41) is 3.99. The summed E-state index contributed by atoms with van der Waals surface area (Å²) in [4.78, 5) is 1.13. The highest BCUT2D eigenvalue weighted by atomic mass is 35.5. The normalized spacial score (nSPS) is 12.4. The van der Waals surface area contributed by atoms with Crippen LogP contribution in [0.4, 0.5) is 4.39 Å². The highest BCUT2D eigenvalue weighted by molar-refractivity contribution is 7.99. The van der Waals surface area contributed by atoms with Gasteiger partial charge in [0.15, 0.2) is 0 Å². The van der Waals surface area contributed by atoms with Crippen molar-refractivity contribution in [1.82, 2.24) is 5.32 Å². The summed E-state index contributed by atoms with van der Waals surface area (Å²) in [6.07, 6.45) is 0. The van der Waals surface area contributed by atoms with Gasteiger partial charge in [0.05, 0.1) is 0 Å². The molecule has 19 heavy (non-hydrogen) atoms. The first-order valence-electron chi connectivity index (χ1n) is 6.00. The molecule has 0 bridgehead atoms. The van der Waals surface area contributed by atoms with Gasteiger partial charge in [0.1, 0.15) is 5.82 Å². The first kappa shape index (κ1) is 14.4. The van der Waals surface area contributed by atoms with Gasteiger partial charge in [-0.05, 0) is 42.9 Å². The van der Waals surface area contributed by atoms with Crippen molar-refractivity contribution in [1.29, 1.82) is 0 Å². The third-order valence-electron chi connectivity index (χ3n) is 2.83. The maximum absolute atomic E-state index is 12.9. The molecule has 1 nitrogen and oxygen atoms in total. The molecule has 4 heteroatoms. The van der Waals surface area contributed by atoms with Gasteiger partial charge in [-0.25, -0.2) is 4.39 Å². The molecular formula is C15H15ClFNS. The van der Waals surface area contributed by atoms with Crippen molar-refractivity contribution >= 4 is 23.4 Å². The molecule has 0 heterocycles. The maximum Gasteiger partial charge on any atom is 0.123 e. The van der Waals surface area contributed by atoms with Crippen molar-refractivity contribution in [3.63, 3.8) is 0 Å².